The topological polar surface area (TPSA) is 169 Å². The number of benzene rings is 1. The number of aliphatic hydroxyl groups excluding tert-OH is 4. The molecule has 0 saturated heterocycles. The molecule has 0 bridgehead atoms. The van der Waals surface area contributed by atoms with E-state index in [0.29, 0.717) is 0 Å². The molecule has 0 aliphatic rings. The minimum atomic E-state index is -2.81. The Hall–Kier alpha value is -0.380. The zero-order valence-corrected chi connectivity index (χ0v) is 23.2. The van der Waals surface area contributed by atoms with Crippen molar-refractivity contribution < 1.29 is 43.7 Å². The quantitative estimate of drug-likeness (QED) is 0.130. The second kappa shape index (κ2) is 14.1. The smallest absolute Gasteiger partial charge is 0.255 e. The molecule has 0 fully saturated rings. The molecule has 0 aliphatic heterocycles. The van der Waals surface area contributed by atoms with Crippen LogP contribution in [0.5, 0.6) is 0 Å². The molecule has 6 N–H and O–H groups in total. The third-order valence-corrected chi connectivity index (χ3v) is 7.21. The van der Waals surface area contributed by atoms with Gasteiger partial charge in [-0.05, 0) is 67.8 Å². The van der Waals surface area contributed by atoms with Gasteiger partial charge in [-0.3, -0.25) is 14.4 Å². The summed E-state index contributed by atoms with van der Waals surface area (Å²) >= 11 is 5.38. The highest BCUT2D eigenvalue weighted by Gasteiger charge is 2.30. The molecule has 0 aromatic heterocycles. The maximum absolute atomic E-state index is 13.2. The van der Waals surface area contributed by atoms with Crippen LogP contribution in [0.15, 0.2) is 0 Å². The van der Waals surface area contributed by atoms with Crippen LogP contribution in [-0.4, -0.2) is 102 Å². The zero-order valence-electron chi connectivity index (χ0n) is 19.7. The van der Waals surface area contributed by atoms with E-state index >= 15 is 0 Å². The van der Waals surface area contributed by atoms with Crippen LogP contribution in [0.3, 0.4) is 0 Å². The minimum absolute atomic E-state index is 0.0109. The molecule has 3 amide bonds. The molecular formula is C18H24I3N3O8. The van der Waals surface area contributed by atoms with Crippen molar-refractivity contribution in [3.8, 4) is 0 Å². The number of hydrogen-bond acceptors (Lipinski definition) is 8. The summed E-state index contributed by atoms with van der Waals surface area (Å²) in [5, 5.41) is 42.3. The number of carbonyl (C=O) groups is 3. The number of anilines is 1. The molecule has 1 aromatic carbocycles. The van der Waals surface area contributed by atoms with Crippen molar-refractivity contribution in [3.05, 3.63) is 21.8 Å². The number of halogens is 3. The SMILES string of the molecule is [2H][13C]([2H])([2H])O[13CH2][13C](=O)Nc1c(I)c(C(=O)NCC(O)CO)c(I)c(C(=O)N(C)CC(O)CO)c1I. The molecular weight excluding hydrogens is 770 g/mol. The highest BCUT2D eigenvalue weighted by Crippen LogP contribution is 2.36. The molecule has 2 atom stereocenters. The second-order valence-corrected chi connectivity index (χ2v) is 9.71. The number of rotatable bonds is 11. The Kier molecular flexibility index (Phi) is 10.9. The zero-order chi connectivity index (χ0) is 27.1. The van der Waals surface area contributed by atoms with E-state index in [0.717, 1.165) is 4.90 Å². The molecule has 2 unspecified atom stereocenters. The normalized spacial score (nSPS) is 14.6. The van der Waals surface area contributed by atoms with E-state index in [1.807, 2.05) is 0 Å². The first kappa shape index (κ1) is 24.7. The molecule has 1 rings (SSSR count). The van der Waals surface area contributed by atoms with Crippen molar-refractivity contribution in [2.75, 3.05) is 52.3 Å². The van der Waals surface area contributed by atoms with Crippen molar-refractivity contribution in [1.29, 1.82) is 0 Å². The van der Waals surface area contributed by atoms with Gasteiger partial charge >= 0.3 is 0 Å². The Balaban J connectivity index is 3.55. The monoisotopic (exact) mass is 797 g/mol. The van der Waals surface area contributed by atoms with Crippen LogP contribution in [0, 0.1) is 10.7 Å². The summed E-state index contributed by atoms with van der Waals surface area (Å²) in [6.07, 6.45) is -2.43. The molecule has 14 heteroatoms. The number of nitrogens with zero attached hydrogens (tertiary/aromatic N) is 1. The number of likely N-dealkylation sites (N-methyl/N-ethyl adjacent to an activating group) is 1. The standard InChI is InChI=1S/C18H24I3N3O8/c1-24(4-9(28)6-26)18(31)12-13(19)11(17(30)22-3-8(27)5-25)14(20)16(15(12)21)23-10(29)7-32-2/h8-9,25-28H,3-7H2,1-2H3,(H,22,30)(H,23,29)/i2+1D3,7+1,10+1. The van der Waals surface area contributed by atoms with Crippen molar-refractivity contribution in [2.24, 2.45) is 0 Å². The predicted molar refractivity (Wildman–Crippen MR) is 141 cm³/mol. The van der Waals surface area contributed by atoms with Crippen LogP contribution in [0.1, 0.15) is 24.8 Å². The van der Waals surface area contributed by atoms with E-state index in [4.69, 9.17) is 14.3 Å². The van der Waals surface area contributed by atoms with Crippen LogP contribution >= 0.6 is 67.8 Å². The lowest BCUT2D eigenvalue weighted by Crippen LogP contribution is -2.38. The van der Waals surface area contributed by atoms with Crippen molar-refractivity contribution in [3.63, 3.8) is 0 Å². The Morgan fingerprint density at radius 2 is 1.66 bits per heavy atom. The molecule has 11 nitrogen and oxygen atoms in total. The summed E-state index contributed by atoms with van der Waals surface area (Å²) < 4.78 is 26.4. The first-order valence-corrected chi connectivity index (χ1v) is 12.1. The van der Waals surface area contributed by atoms with Crippen LogP contribution < -0.4 is 10.6 Å². The molecule has 0 aliphatic carbocycles. The summed E-state index contributed by atoms with van der Waals surface area (Å²) in [6, 6.07) is 0. The van der Waals surface area contributed by atoms with Gasteiger partial charge in [0.1, 0.15) is 6.61 Å². The van der Waals surface area contributed by atoms with Crippen molar-refractivity contribution >= 4 is 91.2 Å². The third-order valence-electron chi connectivity index (χ3n) is 3.98. The maximum Gasteiger partial charge on any atom is 0.255 e. The number of hydrogen-bond donors (Lipinski definition) is 6. The van der Waals surface area contributed by atoms with E-state index in [1.54, 1.807) is 67.8 Å². The number of ether oxygens (including phenoxy) is 1. The van der Waals surface area contributed by atoms with Gasteiger partial charge in [-0.1, -0.05) is 0 Å². The van der Waals surface area contributed by atoms with Gasteiger partial charge in [-0.15, -0.1) is 0 Å². The Morgan fingerprint density at radius 3 is 2.22 bits per heavy atom. The van der Waals surface area contributed by atoms with E-state index in [1.165, 1.54) is 7.05 Å². The summed E-state index contributed by atoms with van der Waals surface area (Å²) in [6.45, 7) is -2.48. The van der Waals surface area contributed by atoms with Gasteiger partial charge in [0.2, 0.25) is 5.91 Å². The molecule has 0 heterocycles. The maximum atomic E-state index is 13.2. The highest BCUT2D eigenvalue weighted by molar-refractivity contribution is 14.1. The van der Waals surface area contributed by atoms with Crippen molar-refractivity contribution in [1.82, 2.24) is 10.2 Å². The molecule has 0 radical (unpaired) electrons. The Labute approximate surface area is 229 Å². The molecule has 1 aromatic rings. The fraction of sp³-hybridized carbons (Fsp3) is 0.500. The van der Waals surface area contributed by atoms with Crippen LogP contribution in [0.4, 0.5) is 5.69 Å². The lowest BCUT2D eigenvalue weighted by atomic mass is 10.1. The second-order valence-electron chi connectivity index (χ2n) is 6.47. The van der Waals surface area contributed by atoms with Gasteiger partial charge in [0.15, 0.2) is 0 Å². The number of aliphatic hydroxyl groups is 4. The van der Waals surface area contributed by atoms with E-state index in [9.17, 15) is 24.6 Å². The average molecular weight is 797 g/mol. The highest BCUT2D eigenvalue weighted by atomic mass is 127. The third kappa shape index (κ3) is 7.84. The number of methoxy groups -OCH3 is 1. The van der Waals surface area contributed by atoms with E-state index < -0.39 is 56.8 Å². The van der Waals surface area contributed by atoms with E-state index in [-0.39, 0.29) is 40.6 Å². The van der Waals surface area contributed by atoms with Gasteiger partial charge in [0.05, 0.1) is 53.5 Å². The largest absolute Gasteiger partial charge is 0.394 e. The lowest BCUT2D eigenvalue weighted by Gasteiger charge is -2.24. The molecule has 180 valence electrons. The Morgan fingerprint density at radius 1 is 1.06 bits per heavy atom. The molecule has 0 spiro atoms. The van der Waals surface area contributed by atoms with Gasteiger partial charge in [-0.25, -0.2) is 0 Å². The number of nitrogens with one attached hydrogen (secondary N) is 2. The van der Waals surface area contributed by atoms with Gasteiger partial charge in [-0.2, -0.15) is 0 Å². The summed E-state index contributed by atoms with van der Waals surface area (Å²) in [4.78, 5) is 39.7. The minimum Gasteiger partial charge on any atom is -0.394 e. The number of amides is 3. The predicted octanol–water partition coefficient (Wildman–Crippen LogP) is -0.406. The average Bonchev–Trinajstić information content (AvgIpc) is 2.77. The van der Waals surface area contributed by atoms with Gasteiger partial charge < -0.3 is 40.7 Å². The van der Waals surface area contributed by atoms with Crippen LogP contribution in [0.25, 0.3) is 0 Å². The lowest BCUT2D eigenvalue weighted by molar-refractivity contribution is -0.119. The van der Waals surface area contributed by atoms with Crippen molar-refractivity contribution in [2.45, 2.75) is 12.2 Å². The fourth-order valence-electron chi connectivity index (χ4n) is 2.41. The summed E-state index contributed by atoms with van der Waals surface area (Å²) in [5.74, 6) is -2.17. The van der Waals surface area contributed by atoms with Crippen LogP contribution in [0.2, 0.25) is 0 Å². The summed E-state index contributed by atoms with van der Waals surface area (Å²) in [5.41, 5.74) is 0.0560. The Bertz CT molecular complexity index is 952. The fourth-order valence-corrected chi connectivity index (χ4v) is 6.80. The molecule has 0 saturated carbocycles. The van der Waals surface area contributed by atoms with E-state index in [2.05, 4.69) is 15.4 Å². The number of carbonyl (C=O) groups excluding carboxylic acids is 3. The van der Waals surface area contributed by atoms with Crippen LogP contribution in [-0.2, 0) is 9.53 Å². The van der Waals surface area contributed by atoms with Gasteiger partial charge in [0, 0.05) is 30.7 Å². The first-order valence-electron chi connectivity index (χ1n) is 10.4. The summed E-state index contributed by atoms with van der Waals surface area (Å²) in [7, 11) is -1.43. The molecule has 32 heavy (non-hydrogen) atoms. The van der Waals surface area contributed by atoms with Gasteiger partial charge in [0.25, 0.3) is 11.8 Å². The first-order chi connectivity index (χ1) is 16.1.